The van der Waals surface area contributed by atoms with Crippen LogP contribution in [0, 0.1) is 0 Å². The molecule has 1 amide bonds. The maximum absolute atomic E-state index is 12.3. The molecule has 0 radical (unpaired) electrons. The van der Waals surface area contributed by atoms with Gasteiger partial charge in [-0.1, -0.05) is 0 Å². The molecule has 1 aliphatic heterocycles. The molecule has 2 unspecified atom stereocenters. The van der Waals surface area contributed by atoms with E-state index in [-0.39, 0.29) is 18.0 Å². The first-order valence-corrected chi connectivity index (χ1v) is 7.29. The summed E-state index contributed by atoms with van der Waals surface area (Å²) in [5.41, 5.74) is 7.44. The summed E-state index contributed by atoms with van der Waals surface area (Å²) < 4.78 is 1.91. The number of aryl methyl sites for hydroxylation is 1. The van der Waals surface area contributed by atoms with Gasteiger partial charge < -0.3 is 10.6 Å². The highest BCUT2D eigenvalue weighted by molar-refractivity contribution is 5.78. The van der Waals surface area contributed by atoms with Gasteiger partial charge in [-0.25, -0.2) is 0 Å². The minimum atomic E-state index is 0.0165. The van der Waals surface area contributed by atoms with Crippen LogP contribution in [-0.4, -0.2) is 32.7 Å². The Labute approximate surface area is 113 Å². The molecule has 0 spiro atoms. The number of carbonyl (C=O) groups is 1. The van der Waals surface area contributed by atoms with Gasteiger partial charge in [0.2, 0.25) is 5.91 Å². The van der Waals surface area contributed by atoms with Gasteiger partial charge in [-0.15, -0.1) is 0 Å². The molecule has 2 N–H and O–H groups in total. The molecule has 0 bridgehead atoms. The number of hydrogen-bond donors (Lipinski definition) is 1. The Kier molecular flexibility index (Phi) is 3.31. The van der Waals surface area contributed by atoms with Crippen molar-refractivity contribution < 1.29 is 4.79 Å². The maximum Gasteiger partial charge on any atom is 0.223 e. The van der Waals surface area contributed by atoms with Gasteiger partial charge in [-0.05, 0) is 32.6 Å². The highest BCUT2D eigenvalue weighted by atomic mass is 16.2. The number of hydrogen-bond acceptors (Lipinski definition) is 3. The lowest BCUT2D eigenvalue weighted by Gasteiger charge is -2.33. The molecule has 0 aromatic carbocycles. The van der Waals surface area contributed by atoms with Gasteiger partial charge in [0.25, 0.3) is 0 Å². The fourth-order valence-electron chi connectivity index (χ4n) is 3.03. The number of nitrogens with zero attached hydrogens (tertiary/aromatic N) is 3. The van der Waals surface area contributed by atoms with E-state index < -0.39 is 0 Å². The summed E-state index contributed by atoms with van der Waals surface area (Å²) in [6.45, 7) is 2.91. The van der Waals surface area contributed by atoms with Crippen LogP contribution in [0.5, 0.6) is 0 Å². The molecule has 2 fully saturated rings. The molecule has 1 aromatic rings. The highest BCUT2D eigenvalue weighted by Gasteiger charge is 2.41. The lowest BCUT2D eigenvalue weighted by atomic mass is 9.99. The average molecular weight is 262 g/mol. The van der Waals surface area contributed by atoms with Crippen LogP contribution in [0.4, 0.5) is 0 Å². The van der Waals surface area contributed by atoms with E-state index in [1.165, 1.54) is 0 Å². The minimum absolute atomic E-state index is 0.0165. The average Bonchev–Trinajstić information content (AvgIpc) is 3.14. The van der Waals surface area contributed by atoms with E-state index in [1.54, 1.807) is 0 Å². The third-order valence-corrected chi connectivity index (χ3v) is 4.18. The third kappa shape index (κ3) is 2.39. The van der Waals surface area contributed by atoms with E-state index >= 15 is 0 Å². The van der Waals surface area contributed by atoms with E-state index in [9.17, 15) is 4.79 Å². The molecule has 3 rings (SSSR count). The Morgan fingerprint density at radius 2 is 2.21 bits per heavy atom. The van der Waals surface area contributed by atoms with Crippen LogP contribution in [-0.2, 0) is 11.3 Å². The molecule has 1 saturated heterocycles. The summed E-state index contributed by atoms with van der Waals surface area (Å²) >= 11 is 0. The van der Waals surface area contributed by atoms with E-state index in [0.717, 1.165) is 37.8 Å². The van der Waals surface area contributed by atoms with E-state index in [1.807, 2.05) is 17.1 Å². The first-order valence-electron chi connectivity index (χ1n) is 7.29. The van der Waals surface area contributed by atoms with Crippen LogP contribution in [0.25, 0.3) is 0 Å². The van der Waals surface area contributed by atoms with Crippen LogP contribution in [0.15, 0.2) is 12.4 Å². The largest absolute Gasteiger partial charge is 0.331 e. The lowest BCUT2D eigenvalue weighted by Crippen LogP contribution is -2.43. The van der Waals surface area contributed by atoms with Crippen LogP contribution in [0.3, 0.4) is 0 Å². The molecule has 19 heavy (non-hydrogen) atoms. The molecule has 1 aromatic heterocycles. The van der Waals surface area contributed by atoms with Crippen molar-refractivity contribution in [2.45, 2.75) is 63.7 Å². The molecule has 1 saturated carbocycles. The van der Waals surface area contributed by atoms with Gasteiger partial charge >= 0.3 is 0 Å². The SMILES string of the molecule is CCn1cc(C2C(N)CCCC(=O)N2C2CC2)cn1. The van der Waals surface area contributed by atoms with Crippen molar-refractivity contribution in [1.29, 1.82) is 0 Å². The van der Waals surface area contributed by atoms with Gasteiger partial charge in [0, 0.05) is 36.8 Å². The number of aromatic nitrogens is 2. The summed E-state index contributed by atoms with van der Waals surface area (Å²) in [5, 5.41) is 4.34. The van der Waals surface area contributed by atoms with Crippen LogP contribution in [0.1, 0.15) is 50.6 Å². The second-order valence-electron chi connectivity index (χ2n) is 5.66. The monoisotopic (exact) mass is 262 g/mol. The Hall–Kier alpha value is -1.36. The molecular formula is C14H22N4O. The predicted molar refractivity (Wildman–Crippen MR) is 72.3 cm³/mol. The molecule has 104 valence electrons. The van der Waals surface area contributed by atoms with Crippen molar-refractivity contribution >= 4 is 5.91 Å². The van der Waals surface area contributed by atoms with E-state index in [2.05, 4.69) is 16.9 Å². The standard InChI is InChI=1S/C14H22N4O/c1-2-17-9-10(8-16-17)14-12(15)4-3-5-13(19)18(14)11-6-7-11/h8-9,11-12,14H,2-7,15H2,1H3. The number of likely N-dealkylation sites (tertiary alicyclic amines) is 1. The van der Waals surface area contributed by atoms with Crippen molar-refractivity contribution in [1.82, 2.24) is 14.7 Å². The summed E-state index contributed by atoms with van der Waals surface area (Å²) in [6, 6.07) is 0.455. The number of carbonyl (C=O) groups excluding carboxylic acids is 1. The molecular weight excluding hydrogens is 240 g/mol. The quantitative estimate of drug-likeness (QED) is 0.896. The highest BCUT2D eigenvalue weighted by Crippen LogP contribution is 2.39. The Balaban J connectivity index is 1.94. The fourth-order valence-corrected chi connectivity index (χ4v) is 3.03. The zero-order valence-corrected chi connectivity index (χ0v) is 11.5. The number of rotatable bonds is 3. The number of nitrogens with two attached hydrogens (primary N) is 1. The van der Waals surface area contributed by atoms with Crippen molar-refractivity contribution in [3.05, 3.63) is 18.0 Å². The first kappa shape index (κ1) is 12.7. The van der Waals surface area contributed by atoms with Crippen molar-refractivity contribution in [2.75, 3.05) is 0 Å². The van der Waals surface area contributed by atoms with Crippen molar-refractivity contribution in [2.24, 2.45) is 5.73 Å². The Bertz CT molecular complexity index is 466. The third-order valence-electron chi connectivity index (χ3n) is 4.18. The Morgan fingerprint density at radius 3 is 2.84 bits per heavy atom. The van der Waals surface area contributed by atoms with Crippen molar-refractivity contribution in [3.63, 3.8) is 0 Å². The molecule has 5 nitrogen and oxygen atoms in total. The first-order chi connectivity index (χ1) is 9.20. The van der Waals surface area contributed by atoms with Gasteiger partial charge in [0.1, 0.15) is 0 Å². The minimum Gasteiger partial charge on any atom is -0.331 e. The second-order valence-corrected chi connectivity index (χ2v) is 5.66. The van der Waals surface area contributed by atoms with Crippen LogP contribution >= 0.6 is 0 Å². The molecule has 1 aliphatic carbocycles. The van der Waals surface area contributed by atoms with E-state index in [0.29, 0.717) is 12.5 Å². The maximum atomic E-state index is 12.3. The van der Waals surface area contributed by atoms with Gasteiger partial charge in [-0.2, -0.15) is 5.10 Å². The zero-order chi connectivity index (χ0) is 13.4. The summed E-state index contributed by atoms with van der Waals surface area (Å²) in [5.74, 6) is 0.268. The fraction of sp³-hybridized carbons (Fsp3) is 0.714. The topological polar surface area (TPSA) is 64.2 Å². The second kappa shape index (κ2) is 4.96. The summed E-state index contributed by atoms with van der Waals surface area (Å²) in [4.78, 5) is 14.4. The molecule has 5 heteroatoms. The Morgan fingerprint density at radius 1 is 1.42 bits per heavy atom. The van der Waals surface area contributed by atoms with Gasteiger partial charge in [0.15, 0.2) is 0 Å². The lowest BCUT2D eigenvalue weighted by molar-refractivity contribution is -0.133. The summed E-state index contributed by atoms with van der Waals surface area (Å²) in [7, 11) is 0. The zero-order valence-electron chi connectivity index (χ0n) is 11.5. The van der Waals surface area contributed by atoms with Crippen LogP contribution in [0.2, 0.25) is 0 Å². The van der Waals surface area contributed by atoms with E-state index in [4.69, 9.17) is 5.73 Å². The normalized spacial score (nSPS) is 28.5. The predicted octanol–water partition coefficient (Wildman–Crippen LogP) is 1.45. The van der Waals surface area contributed by atoms with Crippen LogP contribution < -0.4 is 5.73 Å². The molecule has 2 heterocycles. The molecule has 2 atom stereocenters. The van der Waals surface area contributed by atoms with Gasteiger partial charge in [-0.3, -0.25) is 9.48 Å². The molecule has 2 aliphatic rings. The summed E-state index contributed by atoms with van der Waals surface area (Å²) in [6.07, 6.45) is 8.62. The number of amides is 1. The van der Waals surface area contributed by atoms with Crippen molar-refractivity contribution in [3.8, 4) is 0 Å². The smallest absolute Gasteiger partial charge is 0.223 e. The van der Waals surface area contributed by atoms with Gasteiger partial charge in [0.05, 0.1) is 12.2 Å².